The van der Waals surface area contributed by atoms with Gasteiger partial charge in [-0.15, -0.1) is 0 Å². The Kier molecular flexibility index (Phi) is 3.28. The summed E-state index contributed by atoms with van der Waals surface area (Å²) in [6.07, 6.45) is 1.57. The largest absolute Gasteiger partial charge is 0.335 e. The zero-order chi connectivity index (χ0) is 10.1. The Labute approximate surface area is 79.2 Å². The zero-order valence-electron chi connectivity index (χ0n) is 7.97. The molecule has 1 fully saturated rings. The number of likely N-dealkylation sites (tertiary alicyclic amines) is 1. The molecule has 0 aliphatic carbocycles. The maximum absolute atomic E-state index is 10.8. The van der Waals surface area contributed by atoms with Crippen molar-refractivity contribution < 1.29 is 13.0 Å². The fourth-order valence-electron chi connectivity index (χ4n) is 1.55. The van der Waals surface area contributed by atoms with E-state index in [0.717, 1.165) is 30.2 Å². The van der Waals surface area contributed by atoms with Crippen LogP contribution in [0.1, 0.15) is 12.8 Å². The summed E-state index contributed by atoms with van der Waals surface area (Å²) in [6, 6.07) is -0.0498. The molecule has 78 valence electrons. The maximum Gasteiger partial charge on any atom is 0.335 e. The van der Waals surface area contributed by atoms with E-state index in [-0.39, 0.29) is 6.04 Å². The molecule has 0 spiro atoms. The maximum atomic E-state index is 10.8. The lowest BCUT2D eigenvalue weighted by molar-refractivity contribution is 0.190. The van der Waals surface area contributed by atoms with Crippen molar-refractivity contribution in [2.75, 3.05) is 27.2 Å². The molecule has 1 rings (SSSR count). The predicted molar refractivity (Wildman–Crippen MR) is 49.8 cm³/mol. The van der Waals surface area contributed by atoms with Crippen LogP contribution in [-0.4, -0.2) is 55.4 Å². The second kappa shape index (κ2) is 3.91. The van der Waals surface area contributed by atoms with E-state index in [1.54, 1.807) is 0 Å². The number of hydrogen-bond donors (Lipinski definition) is 1. The first-order chi connectivity index (χ1) is 5.91. The van der Waals surface area contributed by atoms with E-state index in [1.165, 1.54) is 7.05 Å². The van der Waals surface area contributed by atoms with E-state index in [0.29, 0.717) is 0 Å². The smallest absolute Gasteiger partial charge is 0.306 e. The highest BCUT2D eigenvalue weighted by Crippen LogP contribution is 2.15. The molecule has 0 aromatic carbocycles. The third-order valence-electron chi connectivity index (χ3n) is 2.57. The summed E-state index contributed by atoms with van der Waals surface area (Å²) in [5.74, 6) is 0. The Bertz CT molecular complexity index is 257. The van der Waals surface area contributed by atoms with Crippen LogP contribution in [0.3, 0.4) is 0 Å². The molecular formula is C7H16N2O3S. The normalized spacial score (nSPS) is 22.5. The van der Waals surface area contributed by atoms with E-state index in [2.05, 4.69) is 4.90 Å². The topological polar surface area (TPSA) is 60.9 Å². The first-order valence-corrected chi connectivity index (χ1v) is 5.70. The summed E-state index contributed by atoms with van der Waals surface area (Å²) in [7, 11) is -0.580. The molecule has 1 aliphatic rings. The average Bonchev–Trinajstić information content (AvgIpc) is 2.03. The number of nitrogens with zero attached hydrogens (tertiary/aromatic N) is 2. The van der Waals surface area contributed by atoms with Gasteiger partial charge in [0.2, 0.25) is 0 Å². The third kappa shape index (κ3) is 2.91. The summed E-state index contributed by atoms with van der Waals surface area (Å²) in [6.45, 7) is 1.76. The van der Waals surface area contributed by atoms with Gasteiger partial charge in [-0.3, -0.25) is 4.55 Å². The molecule has 0 bridgehead atoms. The first-order valence-electron chi connectivity index (χ1n) is 4.30. The van der Waals surface area contributed by atoms with Crippen LogP contribution in [0.4, 0.5) is 0 Å². The molecule has 5 nitrogen and oxygen atoms in total. The van der Waals surface area contributed by atoms with Crippen LogP contribution >= 0.6 is 0 Å². The molecule has 0 radical (unpaired) electrons. The van der Waals surface area contributed by atoms with Crippen LogP contribution in [0.25, 0.3) is 0 Å². The molecule has 0 saturated carbocycles. The molecular weight excluding hydrogens is 192 g/mol. The molecule has 0 amide bonds. The van der Waals surface area contributed by atoms with Crippen LogP contribution in [0.15, 0.2) is 0 Å². The summed E-state index contributed by atoms with van der Waals surface area (Å²) < 4.78 is 31.4. The molecule has 13 heavy (non-hydrogen) atoms. The van der Waals surface area contributed by atoms with Gasteiger partial charge in [-0.1, -0.05) is 0 Å². The van der Waals surface area contributed by atoms with Gasteiger partial charge >= 0.3 is 10.3 Å². The second-order valence-electron chi connectivity index (χ2n) is 3.53. The van der Waals surface area contributed by atoms with Gasteiger partial charge in [0, 0.05) is 13.1 Å². The molecule has 1 N–H and O–H groups in total. The van der Waals surface area contributed by atoms with Gasteiger partial charge in [0.1, 0.15) is 0 Å². The highest BCUT2D eigenvalue weighted by atomic mass is 32.2. The summed E-state index contributed by atoms with van der Waals surface area (Å²) in [5.41, 5.74) is 0. The fourth-order valence-corrected chi connectivity index (χ4v) is 2.13. The number of piperidine rings is 1. The molecule has 0 unspecified atom stereocenters. The van der Waals surface area contributed by atoms with Crippen molar-refractivity contribution in [1.29, 1.82) is 0 Å². The lowest BCUT2D eigenvalue weighted by Gasteiger charge is -2.32. The van der Waals surface area contributed by atoms with Crippen molar-refractivity contribution in [2.24, 2.45) is 0 Å². The van der Waals surface area contributed by atoms with E-state index in [9.17, 15) is 8.42 Å². The average molecular weight is 208 g/mol. The van der Waals surface area contributed by atoms with Crippen molar-refractivity contribution in [2.45, 2.75) is 18.9 Å². The van der Waals surface area contributed by atoms with Gasteiger partial charge in [-0.05, 0) is 33.0 Å². The minimum absolute atomic E-state index is 0.0498. The Morgan fingerprint density at radius 1 is 1.38 bits per heavy atom. The molecule has 1 aliphatic heterocycles. The SMILES string of the molecule is CN1CCC(N(C)S(=O)(=O)O)CC1. The van der Waals surface area contributed by atoms with Gasteiger partial charge < -0.3 is 4.90 Å². The third-order valence-corrected chi connectivity index (χ3v) is 3.59. The highest BCUT2D eigenvalue weighted by Gasteiger charge is 2.26. The van der Waals surface area contributed by atoms with Crippen molar-refractivity contribution in [3.8, 4) is 0 Å². The minimum atomic E-state index is -4.01. The fraction of sp³-hybridized carbons (Fsp3) is 1.00. The lowest BCUT2D eigenvalue weighted by Crippen LogP contribution is -2.44. The van der Waals surface area contributed by atoms with Crippen LogP contribution in [0.2, 0.25) is 0 Å². The zero-order valence-corrected chi connectivity index (χ0v) is 8.79. The van der Waals surface area contributed by atoms with Gasteiger partial charge in [0.05, 0.1) is 0 Å². The van der Waals surface area contributed by atoms with E-state index >= 15 is 0 Å². The molecule has 1 saturated heterocycles. The second-order valence-corrected chi connectivity index (χ2v) is 5.00. The Morgan fingerprint density at radius 3 is 2.23 bits per heavy atom. The van der Waals surface area contributed by atoms with Gasteiger partial charge in [-0.25, -0.2) is 0 Å². The van der Waals surface area contributed by atoms with Crippen molar-refractivity contribution in [3.05, 3.63) is 0 Å². The molecule has 1 heterocycles. The van der Waals surface area contributed by atoms with Crippen molar-refractivity contribution in [3.63, 3.8) is 0 Å². The van der Waals surface area contributed by atoms with E-state index in [4.69, 9.17) is 4.55 Å². The Morgan fingerprint density at radius 2 is 1.85 bits per heavy atom. The van der Waals surface area contributed by atoms with E-state index < -0.39 is 10.3 Å². The Balaban J connectivity index is 2.55. The molecule has 0 aromatic heterocycles. The van der Waals surface area contributed by atoms with Gasteiger partial charge in [0.15, 0.2) is 0 Å². The number of rotatable bonds is 2. The minimum Gasteiger partial charge on any atom is -0.306 e. The molecule has 0 aromatic rings. The predicted octanol–water partition coefficient (Wildman–Crippen LogP) is -0.185. The van der Waals surface area contributed by atoms with Gasteiger partial charge in [0.25, 0.3) is 0 Å². The monoisotopic (exact) mass is 208 g/mol. The van der Waals surface area contributed by atoms with Gasteiger partial charge in [-0.2, -0.15) is 12.7 Å². The lowest BCUT2D eigenvalue weighted by atomic mass is 10.1. The summed E-state index contributed by atoms with van der Waals surface area (Å²) in [4.78, 5) is 2.15. The van der Waals surface area contributed by atoms with Crippen LogP contribution < -0.4 is 0 Å². The highest BCUT2D eigenvalue weighted by molar-refractivity contribution is 7.83. The molecule has 0 atom stereocenters. The first kappa shape index (κ1) is 10.9. The van der Waals surface area contributed by atoms with Crippen LogP contribution in [0, 0.1) is 0 Å². The quantitative estimate of drug-likeness (QED) is 0.639. The molecule has 6 heteroatoms. The van der Waals surface area contributed by atoms with Crippen LogP contribution in [0.5, 0.6) is 0 Å². The standard InChI is InChI=1S/C7H16N2O3S/c1-8-5-3-7(4-6-8)9(2)13(10,11)12/h7H,3-6H2,1-2H3,(H,10,11,12). The Hall–Kier alpha value is -0.170. The summed E-state index contributed by atoms with van der Waals surface area (Å²) in [5, 5.41) is 0. The van der Waals surface area contributed by atoms with Crippen molar-refractivity contribution in [1.82, 2.24) is 9.21 Å². The van der Waals surface area contributed by atoms with Crippen molar-refractivity contribution >= 4 is 10.3 Å². The van der Waals surface area contributed by atoms with Crippen LogP contribution in [-0.2, 0) is 10.3 Å². The summed E-state index contributed by atoms with van der Waals surface area (Å²) >= 11 is 0. The number of hydrogen-bond acceptors (Lipinski definition) is 3. The van der Waals surface area contributed by atoms with E-state index in [1.807, 2.05) is 7.05 Å².